The van der Waals surface area contributed by atoms with E-state index in [9.17, 15) is 10.1 Å². The van der Waals surface area contributed by atoms with Gasteiger partial charge in [-0.1, -0.05) is 30.3 Å². The quantitative estimate of drug-likeness (QED) is 0.504. The smallest absolute Gasteiger partial charge is 0.257 e. The van der Waals surface area contributed by atoms with E-state index in [-0.39, 0.29) is 5.00 Å². The summed E-state index contributed by atoms with van der Waals surface area (Å²) < 4.78 is 0.523. The van der Waals surface area contributed by atoms with Gasteiger partial charge in [-0.25, -0.2) is 4.98 Å². The van der Waals surface area contributed by atoms with Crippen LogP contribution < -0.4 is 0 Å². The van der Waals surface area contributed by atoms with Gasteiger partial charge in [0.15, 0.2) is 4.34 Å². The highest BCUT2D eigenvalue weighted by atomic mass is 32.2. The Hall–Kier alpha value is -2.33. The highest BCUT2D eigenvalue weighted by Gasteiger charge is 2.14. The van der Waals surface area contributed by atoms with E-state index in [1.807, 2.05) is 30.3 Å². The molecule has 0 aliphatic heterocycles. The van der Waals surface area contributed by atoms with Crippen LogP contribution in [0.1, 0.15) is 5.56 Å². The molecule has 10 heteroatoms. The molecule has 2 heterocycles. The number of aromatic nitrogens is 5. The molecule has 3 rings (SSSR count). The van der Waals surface area contributed by atoms with Crippen LogP contribution in [0.4, 0.5) is 5.00 Å². The van der Waals surface area contributed by atoms with Gasteiger partial charge in [-0.3, -0.25) is 10.1 Å². The number of aryl methyl sites for hydroxylation is 2. The summed E-state index contributed by atoms with van der Waals surface area (Å²) in [5, 5.41) is 23.2. The highest BCUT2D eigenvalue weighted by molar-refractivity contribution is 8.00. The van der Waals surface area contributed by atoms with Crippen molar-refractivity contribution < 1.29 is 4.92 Å². The summed E-state index contributed by atoms with van der Waals surface area (Å²) in [6.07, 6.45) is 2.04. The molecule has 8 nitrogen and oxygen atoms in total. The number of hydrogen-bond acceptors (Lipinski definition) is 8. The molecule has 0 radical (unpaired) electrons. The average Bonchev–Trinajstić information content (AvgIpc) is 3.16. The third-order valence-electron chi connectivity index (χ3n) is 2.71. The maximum atomic E-state index is 10.6. The fourth-order valence-electron chi connectivity index (χ4n) is 1.70. The zero-order chi connectivity index (χ0) is 15.4. The SMILES string of the molecule is O=[N+]([O-])c1cnc(Sc2nnn(CCc3ccccc3)n2)s1. The second kappa shape index (κ2) is 6.62. The van der Waals surface area contributed by atoms with Crippen molar-refractivity contribution in [2.75, 3.05) is 0 Å². The molecule has 112 valence electrons. The average molecular weight is 334 g/mol. The zero-order valence-electron chi connectivity index (χ0n) is 11.2. The molecule has 3 aromatic rings. The van der Waals surface area contributed by atoms with E-state index in [0.717, 1.165) is 17.8 Å². The van der Waals surface area contributed by atoms with Crippen LogP contribution in [0.5, 0.6) is 0 Å². The standard InChI is InChI=1S/C12H10N6O2S2/c19-18(20)10-8-13-12(21-10)22-11-14-16-17(15-11)7-6-9-4-2-1-3-5-9/h1-5,8H,6-7H2. The zero-order valence-corrected chi connectivity index (χ0v) is 12.8. The van der Waals surface area contributed by atoms with E-state index < -0.39 is 4.92 Å². The van der Waals surface area contributed by atoms with Crippen molar-refractivity contribution in [2.45, 2.75) is 22.5 Å². The maximum absolute atomic E-state index is 10.6. The fourth-order valence-corrected chi connectivity index (χ4v) is 3.28. The number of benzene rings is 1. The maximum Gasteiger partial charge on any atom is 0.344 e. The van der Waals surface area contributed by atoms with Crippen molar-refractivity contribution in [3.05, 3.63) is 52.2 Å². The minimum atomic E-state index is -0.466. The Morgan fingerprint density at radius 3 is 2.86 bits per heavy atom. The predicted octanol–water partition coefficient (Wildman–Crippen LogP) is 2.43. The molecule has 1 aromatic carbocycles. The first-order chi connectivity index (χ1) is 10.7. The van der Waals surface area contributed by atoms with Crippen LogP contribution in [-0.2, 0) is 13.0 Å². The summed E-state index contributed by atoms with van der Waals surface area (Å²) in [5.74, 6) is 0. The molecule has 0 unspecified atom stereocenters. The van der Waals surface area contributed by atoms with Gasteiger partial charge in [0.25, 0.3) is 0 Å². The van der Waals surface area contributed by atoms with Crippen LogP contribution in [0.2, 0.25) is 0 Å². The van der Waals surface area contributed by atoms with E-state index in [1.165, 1.54) is 28.3 Å². The van der Waals surface area contributed by atoms with Crippen LogP contribution >= 0.6 is 23.1 Å². The van der Waals surface area contributed by atoms with Gasteiger partial charge in [-0.2, -0.15) is 4.80 Å². The van der Waals surface area contributed by atoms with Crippen molar-refractivity contribution >= 4 is 28.1 Å². The van der Waals surface area contributed by atoms with Gasteiger partial charge in [-0.05, 0) is 40.3 Å². The van der Waals surface area contributed by atoms with Crippen LogP contribution in [0, 0.1) is 10.1 Å². The second-order valence-electron chi connectivity index (χ2n) is 4.23. The molecule has 0 bridgehead atoms. The minimum absolute atomic E-state index is 0.000954. The van der Waals surface area contributed by atoms with Crippen molar-refractivity contribution in [2.24, 2.45) is 0 Å². The van der Waals surface area contributed by atoms with Crippen LogP contribution in [0.15, 0.2) is 46.0 Å². The molecule has 0 N–H and O–H groups in total. The van der Waals surface area contributed by atoms with Crippen molar-refractivity contribution in [1.82, 2.24) is 25.2 Å². The van der Waals surface area contributed by atoms with Crippen molar-refractivity contribution in [1.29, 1.82) is 0 Å². The summed E-state index contributed by atoms with van der Waals surface area (Å²) >= 11 is 2.16. The Kier molecular flexibility index (Phi) is 4.39. The first-order valence-corrected chi connectivity index (χ1v) is 7.94. The van der Waals surface area contributed by atoms with Crippen LogP contribution in [-0.4, -0.2) is 30.1 Å². The van der Waals surface area contributed by atoms with Gasteiger partial charge in [-0.15, -0.1) is 10.2 Å². The van der Waals surface area contributed by atoms with E-state index in [1.54, 1.807) is 0 Å². The highest BCUT2D eigenvalue weighted by Crippen LogP contribution is 2.31. The lowest BCUT2D eigenvalue weighted by Crippen LogP contribution is -2.05. The first kappa shape index (κ1) is 14.6. The molecule has 2 aromatic heterocycles. The van der Waals surface area contributed by atoms with Crippen LogP contribution in [0.25, 0.3) is 0 Å². The third-order valence-corrected chi connectivity index (χ3v) is 4.58. The van der Waals surface area contributed by atoms with Crippen molar-refractivity contribution in [3.63, 3.8) is 0 Å². The fraction of sp³-hybridized carbons (Fsp3) is 0.167. The Morgan fingerprint density at radius 2 is 2.14 bits per heavy atom. The summed E-state index contributed by atoms with van der Waals surface area (Å²) in [7, 11) is 0. The molecule has 0 spiro atoms. The lowest BCUT2D eigenvalue weighted by Gasteiger charge is -1.98. The normalized spacial score (nSPS) is 10.7. The summed E-state index contributed by atoms with van der Waals surface area (Å²) in [4.78, 5) is 15.6. The van der Waals surface area contributed by atoms with E-state index in [2.05, 4.69) is 20.4 Å². The molecule has 0 aliphatic rings. The molecule has 0 aliphatic carbocycles. The Morgan fingerprint density at radius 1 is 1.32 bits per heavy atom. The monoisotopic (exact) mass is 334 g/mol. The van der Waals surface area contributed by atoms with Crippen molar-refractivity contribution in [3.8, 4) is 0 Å². The predicted molar refractivity (Wildman–Crippen MR) is 80.9 cm³/mol. The van der Waals surface area contributed by atoms with E-state index in [4.69, 9.17) is 0 Å². The topological polar surface area (TPSA) is 99.6 Å². The Labute approximate surface area is 133 Å². The van der Waals surface area contributed by atoms with Gasteiger partial charge in [0, 0.05) is 0 Å². The van der Waals surface area contributed by atoms with Gasteiger partial charge in [0.1, 0.15) is 6.20 Å². The second-order valence-corrected chi connectivity index (χ2v) is 6.45. The number of nitrogens with zero attached hydrogens (tertiary/aromatic N) is 6. The number of tetrazole rings is 1. The molecule has 0 fully saturated rings. The number of hydrogen-bond donors (Lipinski definition) is 0. The summed E-state index contributed by atoms with van der Waals surface area (Å²) in [5.41, 5.74) is 1.20. The molecule has 0 saturated carbocycles. The van der Waals surface area contributed by atoms with Gasteiger partial charge in [0.2, 0.25) is 5.16 Å². The molecular weight excluding hydrogens is 324 g/mol. The molecule has 22 heavy (non-hydrogen) atoms. The number of rotatable bonds is 6. The third kappa shape index (κ3) is 3.65. The van der Waals surface area contributed by atoms with Gasteiger partial charge in [0.05, 0.1) is 11.5 Å². The Bertz CT molecular complexity index is 773. The van der Waals surface area contributed by atoms with Gasteiger partial charge < -0.3 is 0 Å². The minimum Gasteiger partial charge on any atom is -0.257 e. The van der Waals surface area contributed by atoms with Crippen LogP contribution in [0.3, 0.4) is 0 Å². The molecule has 0 saturated heterocycles. The van der Waals surface area contributed by atoms with E-state index in [0.29, 0.717) is 16.0 Å². The molecule has 0 atom stereocenters. The molecule has 0 amide bonds. The lowest BCUT2D eigenvalue weighted by atomic mass is 10.2. The summed E-state index contributed by atoms with van der Waals surface area (Å²) in [6.45, 7) is 0.621. The number of thiazole rings is 1. The van der Waals surface area contributed by atoms with E-state index >= 15 is 0 Å². The molecular formula is C12H10N6O2S2. The lowest BCUT2D eigenvalue weighted by molar-refractivity contribution is -0.380. The van der Waals surface area contributed by atoms with Gasteiger partial charge >= 0.3 is 5.00 Å². The Balaban J connectivity index is 1.59. The largest absolute Gasteiger partial charge is 0.344 e. The first-order valence-electron chi connectivity index (χ1n) is 6.30. The summed E-state index contributed by atoms with van der Waals surface area (Å²) in [6, 6.07) is 10.0. The number of nitro groups is 1.